The Morgan fingerprint density at radius 1 is 0.957 bits per heavy atom. The van der Waals surface area contributed by atoms with Crippen molar-refractivity contribution in [2.75, 3.05) is 13.2 Å². The van der Waals surface area contributed by atoms with E-state index in [0.717, 1.165) is 36.0 Å². The van der Waals surface area contributed by atoms with Crippen molar-refractivity contribution >= 4 is 12.3 Å². The van der Waals surface area contributed by atoms with Gasteiger partial charge in [0.1, 0.15) is 17.1 Å². The second kappa shape index (κ2) is 6.52. The molecule has 0 aliphatic carbocycles. The first-order valence-corrected chi connectivity index (χ1v) is 7.38. The molecule has 0 atom stereocenters. The van der Waals surface area contributed by atoms with Gasteiger partial charge in [-0.05, 0) is 23.3 Å². The molecule has 5 nitrogen and oxygen atoms in total. The number of fused-ring (bicyclic) bond motifs is 2. The number of carboxylic acids is 1. The van der Waals surface area contributed by atoms with E-state index in [1.165, 1.54) is 0 Å². The van der Waals surface area contributed by atoms with Crippen LogP contribution in [0, 0.1) is 0 Å². The molecule has 118 valence electrons. The largest absolute Gasteiger partial charge is 0.492 e. The van der Waals surface area contributed by atoms with Crippen molar-refractivity contribution in [2.45, 2.75) is 12.8 Å². The summed E-state index contributed by atoms with van der Waals surface area (Å²) in [5, 5.41) is 8.77. The van der Waals surface area contributed by atoms with E-state index in [1.54, 1.807) is 18.2 Å². The average molecular weight is 312 g/mol. The number of carboxylic acid groups (broad SMARTS) is 1. The van der Waals surface area contributed by atoms with Crippen molar-refractivity contribution in [2.24, 2.45) is 0 Å². The lowest BCUT2D eigenvalue weighted by molar-refractivity contribution is 0.0693. The topological polar surface area (TPSA) is 72.8 Å². The minimum absolute atomic E-state index is 0.269. The minimum atomic E-state index is -0.922. The van der Waals surface area contributed by atoms with E-state index in [1.807, 2.05) is 18.2 Å². The van der Waals surface area contributed by atoms with Crippen LogP contribution >= 0.6 is 0 Å². The fourth-order valence-corrected chi connectivity index (χ4v) is 2.72. The van der Waals surface area contributed by atoms with Crippen LogP contribution in [0.1, 0.15) is 31.8 Å². The summed E-state index contributed by atoms with van der Waals surface area (Å²) in [5.41, 5.74) is 3.08. The number of carbonyl (C=O) groups excluding carboxylic acids is 1. The fraction of sp³-hybridized carbons (Fsp3) is 0.222. The van der Waals surface area contributed by atoms with Crippen LogP contribution in [0.5, 0.6) is 11.5 Å². The lowest BCUT2D eigenvalue weighted by Gasteiger charge is -2.01. The Kier molecular flexibility index (Phi) is 4.28. The summed E-state index contributed by atoms with van der Waals surface area (Å²) in [6, 6.07) is 10.9. The molecule has 0 fully saturated rings. The van der Waals surface area contributed by atoms with Crippen LogP contribution in [0.25, 0.3) is 0 Å². The summed E-state index contributed by atoms with van der Waals surface area (Å²) >= 11 is 0. The summed E-state index contributed by atoms with van der Waals surface area (Å²) in [4.78, 5) is 21.2. The number of benzene rings is 2. The van der Waals surface area contributed by atoms with Gasteiger partial charge < -0.3 is 14.6 Å². The molecular formula is C18H16O5. The second-order valence-electron chi connectivity index (χ2n) is 5.25. The third-order valence-corrected chi connectivity index (χ3v) is 3.82. The third kappa shape index (κ3) is 3.04. The summed E-state index contributed by atoms with van der Waals surface area (Å²) < 4.78 is 10.5. The van der Waals surface area contributed by atoms with Gasteiger partial charge in [-0.3, -0.25) is 4.79 Å². The van der Waals surface area contributed by atoms with E-state index in [9.17, 15) is 9.59 Å². The molecular weight excluding hydrogens is 296 g/mol. The molecule has 0 bridgehead atoms. The average Bonchev–Trinajstić information content (AvgIpc) is 3.23. The molecule has 1 N–H and O–H groups in total. The Bertz CT molecular complexity index is 751. The van der Waals surface area contributed by atoms with E-state index in [-0.39, 0.29) is 5.56 Å². The van der Waals surface area contributed by atoms with Gasteiger partial charge in [0.25, 0.3) is 0 Å². The predicted molar refractivity (Wildman–Crippen MR) is 83.6 cm³/mol. The Labute approximate surface area is 133 Å². The molecule has 23 heavy (non-hydrogen) atoms. The maximum Gasteiger partial charge on any atom is 0.339 e. The number of aldehydes is 1. The van der Waals surface area contributed by atoms with Crippen molar-refractivity contribution in [1.82, 2.24) is 0 Å². The number of para-hydroxylation sites is 2. The first-order valence-electron chi connectivity index (χ1n) is 7.38. The van der Waals surface area contributed by atoms with Crippen LogP contribution in [0.15, 0.2) is 36.4 Å². The predicted octanol–water partition coefficient (Wildman–Crippen LogP) is 2.75. The van der Waals surface area contributed by atoms with Gasteiger partial charge in [-0.1, -0.05) is 24.3 Å². The molecule has 0 spiro atoms. The van der Waals surface area contributed by atoms with Crippen molar-refractivity contribution in [3.05, 3.63) is 58.7 Å². The first-order chi connectivity index (χ1) is 11.2. The number of hydrogen-bond donors (Lipinski definition) is 1. The molecule has 0 radical (unpaired) electrons. The summed E-state index contributed by atoms with van der Waals surface area (Å²) in [6.45, 7) is 1.31. The number of carbonyl (C=O) groups is 2. The van der Waals surface area contributed by atoms with Gasteiger partial charge in [-0.15, -0.1) is 0 Å². The molecule has 0 unspecified atom stereocenters. The zero-order valence-corrected chi connectivity index (χ0v) is 12.5. The van der Waals surface area contributed by atoms with E-state index in [0.29, 0.717) is 24.5 Å². The van der Waals surface area contributed by atoms with Gasteiger partial charge in [0.15, 0.2) is 6.29 Å². The number of rotatable bonds is 2. The second-order valence-corrected chi connectivity index (χ2v) is 5.25. The highest BCUT2D eigenvalue weighted by atomic mass is 16.5. The molecule has 2 aromatic carbocycles. The van der Waals surface area contributed by atoms with Crippen LogP contribution in [-0.4, -0.2) is 30.6 Å². The maximum absolute atomic E-state index is 10.7. The highest BCUT2D eigenvalue weighted by Crippen LogP contribution is 2.29. The normalized spacial score (nSPS) is 13.7. The van der Waals surface area contributed by atoms with Crippen molar-refractivity contribution in [3.8, 4) is 11.5 Å². The van der Waals surface area contributed by atoms with E-state index in [2.05, 4.69) is 0 Å². The molecule has 0 saturated heterocycles. The van der Waals surface area contributed by atoms with Gasteiger partial charge in [-0.25, -0.2) is 4.79 Å². The van der Waals surface area contributed by atoms with Crippen LogP contribution in [-0.2, 0) is 12.8 Å². The Balaban J connectivity index is 0.000000136. The molecule has 2 aliphatic heterocycles. The smallest absolute Gasteiger partial charge is 0.339 e. The molecule has 4 rings (SSSR count). The third-order valence-electron chi connectivity index (χ3n) is 3.82. The van der Waals surface area contributed by atoms with Crippen molar-refractivity contribution in [3.63, 3.8) is 0 Å². The van der Waals surface area contributed by atoms with E-state index >= 15 is 0 Å². The zero-order chi connectivity index (χ0) is 16.2. The van der Waals surface area contributed by atoms with Gasteiger partial charge >= 0.3 is 5.97 Å². The van der Waals surface area contributed by atoms with Crippen LogP contribution in [0.4, 0.5) is 0 Å². The van der Waals surface area contributed by atoms with Gasteiger partial charge in [0.2, 0.25) is 0 Å². The molecule has 2 heterocycles. The molecule has 0 saturated carbocycles. The molecule has 5 heteroatoms. The van der Waals surface area contributed by atoms with Crippen LogP contribution in [0.3, 0.4) is 0 Å². The molecule has 2 aromatic rings. The Morgan fingerprint density at radius 2 is 1.57 bits per heavy atom. The Hall–Kier alpha value is -2.82. The first kappa shape index (κ1) is 15.1. The summed E-state index contributed by atoms with van der Waals surface area (Å²) in [5.74, 6) is 0.404. The van der Waals surface area contributed by atoms with Gasteiger partial charge in [-0.2, -0.15) is 0 Å². The van der Waals surface area contributed by atoms with E-state index < -0.39 is 5.97 Å². The van der Waals surface area contributed by atoms with Crippen molar-refractivity contribution < 1.29 is 24.2 Å². The van der Waals surface area contributed by atoms with Gasteiger partial charge in [0, 0.05) is 12.8 Å². The summed E-state index contributed by atoms with van der Waals surface area (Å²) in [6.07, 6.45) is 2.58. The van der Waals surface area contributed by atoms with Crippen LogP contribution in [0.2, 0.25) is 0 Å². The highest BCUT2D eigenvalue weighted by molar-refractivity contribution is 5.91. The quantitative estimate of drug-likeness (QED) is 0.863. The lowest BCUT2D eigenvalue weighted by Crippen LogP contribution is -1.99. The minimum Gasteiger partial charge on any atom is -0.492 e. The monoisotopic (exact) mass is 312 g/mol. The SMILES string of the molecule is O=C(O)c1cccc2c1OCC2.O=Cc1cccc2c1OCC2. The highest BCUT2D eigenvalue weighted by Gasteiger charge is 2.19. The molecule has 0 amide bonds. The number of aromatic carboxylic acids is 1. The molecule has 0 aromatic heterocycles. The van der Waals surface area contributed by atoms with E-state index in [4.69, 9.17) is 14.6 Å². The zero-order valence-electron chi connectivity index (χ0n) is 12.5. The molecule has 2 aliphatic rings. The standard InChI is InChI=1S/C9H8O3.C9H8O2/c10-9(11)7-3-1-2-6-4-5-12-8(6)7;10-6-8-3-1-2-7-4-5-11-9(7)8/h1-3H,4-5H2,(H,10,11);1-3,6H,4-5H2. The maximum atomic E-state index is 10.7. The fourth-order valence-electron chi connectivity index (χ4n) is 2.72. The number of ether oxygens (including phenoxy) is 2. The van der Waals surface area contributed by atoms with Crippen LogP contribution < -0.4 is 9.47 Å². The lowest BCUT2D eigenvalue weighted by atomic mass is 10.1. The number of hydrogen-bond acceptors (Lipinski definition) is 4. The van der Waals surface area contributed by atoms with Crippen molar-refractivity contribution in [1.29, 1.82) is 0 Å². The van der Waals surface area contributed by atoms with Gasteiger partial charge in [0.05, 0.1) is 18.8 Å². The Morgan fingerprint density at radius 3 is 2.22 bits per heavy atom. The summed E-state index contributed by atoms with van der Waals surface area (Å²) in [7, 11) is 0.